The minimum Gasteiger partial charge on any atom is -0.301 e. The standard InChI is InChI=1S/C5H7F6NO/c1-2(13-12)3(4(6,7)8)5(9,10)11/h2-3H,12H2,1H3. The van der Waals surface area contributed by atoms with E-state index in [-0.39, 0.29) is 0 Å². The van der Waals surface area contributed by atoms with Crippen LogP contribution in [0.3, 0.4) is 0 Å². The molecule has 0 radical (unpaired) electrons. The number of halogens is 6. The zero-order chi connectivity index (χ0) is 10.9. The van der Waals surface area contributed by atoms with Crippen molar-refractivity contribution in [2.75, 3.05) is 0 Å². The zero-order valence-electron chi connectivity index (χ0n) is 6.41. The van der Waals surface area contributed by atoms with Gasteiger partial charge in [0.1, 0.15) is 0 Å². The fraction of sp³-hybridized carbons (Fsp3) is 1.00. The van der Waals surface area contributed by atoms with Crippen LogP contribution in [0.25, 0.3) is 0 Å². The van der Waals surface area contributed by atoms with Gasteiger partial charge in [-0.15, -0.1) is 0 Å². The smallest absolute Gasteiger partial charge is 0.301 e. The normalized spacial score (nSPS) is 16.4. The Morgan fingerprint density at radius 3 is 1.38 bits per heavy atom. The van der Waals surface area contributed by atoms with E-state index >= 15 is 0 Å². The first-order valence-corrected chi connectivity index (χ1v) is 3.09. The SMILES string of the molecule is CC(ON)C(C(F)(F)F)C(F)(F)F. The summed E-state index contributed by atoms with van der Waals surface area (Å²) >= 11 is 0. The Kier molecular flexibility index (Phi) is 3.56. The lowest BCUT2D eigenvalue weighted by Crippen LogP contribution is -2.45. The molecule has 0 rings (SSSR count). The highest BCUT2D eigenvalue weighted by molar-refractivity contribution is 4.80. The second-order valence-corrected chi connectivity index (χ2v) is 2.40. The van der Waals surface area contributed by atoms with E-state index in [1.807, 2.05) is 0 Å². The molecule has 0 aromatic heterocycles. The van der Waals surface area contributed by atoms with Crippen LogP contribution in [0.15, 0.2) is 0 Å². The highest BCUT2D eigenvalue weighted by atomic mass is 19.4. The molecule has 13 heavy (non-hydrogen) atoms. The average molecular weight is 211 g/mol. The molecule has 0 bridgehead atoms. The summed E-state index contributed by atoms with van der Waals surface area (Å²) in [6.45, 7) is 0.603. The molecule has 0 aromatic rings. The molecule has 0 aliphatic rings. The molecular formula is C5H7F6NO. The number of nitrogens with two attached hydrogens (primary N) is 1. The predicted octanol–water partition coefficient (Wildman–Crippen LogP) is 2.01. The van der Waals surface area contributed by atoms with E-state index in [9.17, 15) is 26.3 Å². The third-order valence-corrected chi connectivity index (χ3v) is 1.39. The second kappa shape index (κ2) is 3.70. The summed E-state index contributed by atoms with van der Waals surface area (Å²) in [7, 11) is 0. The molecule has 2 N–H and O–H groups in total. The Labute approximate surface area is 69.6 Å². The van der Waals surface area contributed by atoms with Crippen molar-refractivity contribution in [1.29, 1.82) is 0 Å². The van der Waals surface area contributed by atoms with Crippen LogP contribution in [0.1, 0.15) is 6.92 Å². The minimum absolute atomic E-state index is 0.603. The van der Waals surface area contributed by atoms with Crippen LogP contribution >= 0.6 is 0 Å². The molecule has 1 unspecified atom stereocenters. The molecule has 0 amide bonds. The molecule has 0 heterocycles. The van der Waals surface area contributed by atoms with Gasteiger partial charge in [-0.3, -0.25) is 0 Å². The predicted molar refractivity (Wildman–Crippen MR) is 30.3 cm³/mol. The Hall–Kier alpha value is -0.500. The molecule has 0 fully saturated rings. The molecule has 0 aliphatic heterocycles. The molecule has 1 atom stereocenters. The third kappa shape index (κ3) is 3.39. The van der Waals surface area contributed by atoms with Gasteiger partial charge in [0.25, 0.3) is 0 Å². The fourth-order valence-electron chi connectivity index (χ4n) is 0.796. The summed E-state index contributed by atoms with van der Waals surface area (Å²) in [6.07, 6.45) is -13.0. The van der Waals surface area contributed by atoms with Crippen LogP contribution in [0.5, 0.6) is 0 Å². The molecule has 80 valence electrons. The Balaban J connectivity index is 4.78. The summed E-state index contributed by atoms with van der Waals surface area (Å²) in [5.41, 5.74) is 0. The van der Waals surface area contributed by atoms with Crippen molar-refractivity contribution in [2.45, 2.75) is 25.4 Å². The van der Waals surface area contributed by atoms with Crippen molar-refractivity contribution in [3.63, 3.8) is 0 Å². The van der Waals surface area contributed by atoms with Crippen molar-refractivity contribution < 1.29 is 31.2 Å². The van der Waals surface area contributed by atoms with Gasteiger partial charge in [0.05, 0.1) is 6.10 Å². The van der Waals surface area contributed by atoms with E-state index in [4.69, 9.17) is 0 Å². The number of alkyl halides is 6. The fourth-order valence-corrected chi connectivity index (χ4v) is 0.796. The van der Waals surface area contributed by atoms with Gasteiger partial charge in [-0.25, -0.2) is 5.90 Å². The van der Waals surface area contributed by atoms with Crippen molar-refractivity contribution in [3.05, 3.63) is 0 Å². The summed E-state index contributed by atoms with van der Waals surface area (Å²) in [6, 6.07) is 0. The quantitative estimate of drug-likeness (QED) is 0.560. The molecular weight excluding hydrogens is 204 g/mol. The van der Waals surface area contributed by atoms with Gasteiger partial charge >= 0.3 is 12.4 Å². The molecule has 0 aliphatic carbocycles. The van der Waals surface area contributed by atoms with Crippen molar-refractivity contribution in [1.82, 2.24) is 0 Å². The minimum atomic E-state index is -5.41. The first kappa shape index (κ1) is 12.5. The summed E-state index contributed by atoms with van der Waals surface area (Å²) in [5, 5.41) is 0. The molecule has 8 heteroatoms. The second-order valence-electron chi connectivity index (χ2n) is 2.40. The lowest BCUT2D eigenvalue weighted by Gasteiger charge is -2.26. The highest BCUT2D eigenvalue weighted by Crippen LogP contribution is 2.41. The van der Waals surface area contributed by atoms with Crippen LogP contribution in [0.4, 0.5) is 26.3 Å². The average Bonchev–Trinajstić information content (AvgIpc) is 1.80. The van der Waals surface area contributed by atoms with E-state index in [2.05, 4.69) is 10.7 Å². The molecule has 0 saturated heterocycles. The first-order valence-electron chi connectivity index (χ1n) is 3.09. The van der Waals surface area contributed by atoms with Crippen LogP contribution in [0, 0.1) is 5.92 Å². The number of rotatable bonds is 2. The largest absolute Gasteiger partial charge is 0.403 e. The first-order chi connectivity index (χ1) is 5.60. The van der Waals surface area contributed by atoms with Crippen molar-refractivity contribution in [3.8, 4) is 0 Å². The lowest BCUT2D eigenvalue weighted by atomic mass is 10.0. The zero-order valence-corrected chi connectivity index (χ0v) is 6.41. The Bertz CT molecular complexity index is 149. The number of hydrogen-bond acceptors (Lipinski definition) is 2. The molecule has 0 saturated carbocycles. The lowest BCUT2D eigenvalue weighted by molar-refractivity contribution is -0.309. The van der Waals surface area contributed by atoms with Crippen molar-refractivity contribution >= 4 is 0 Å². The highest BCUT2D eigenvalue weighted by Gasteiger charge is 2.59. The van der Waals surface area contributed by atoms with Crippen LogP contribution in [-0.4, -0.2) is 18.5 Å². The van der Waals surface area contributed by atoms with E-state index in [1.54, 1.807) is 0 Å². The maximum absolute atomic E-state index is 11.8. The van der Waals surface area contributed by atoms with Gasteiger partial charge in [0.15, 0.2) is 5.92 Å². The van der Waals surface area contributed by atoms with Gasteiger partial charge < -0.3 is 4.84 Å². The van der Waals surface area contributed by atoms with Gasteiger partial charge in [0.2, 0.25) is 0 Å². The Morgan fingerprint density at radius 2 is 1.31 bits per heavy atom. The van der Waals surface area contributed by atoms with E-state index < -0.39 is 24.4 Å². The van der Waals surface area contributed by atoms with Crippen LogP contribution < -0.4 is 5.90 Å². The molecule has 2 nitrogen and oxygen atoms in total. The topological polar surface area (TPSA) is 35.2 Å². The van der Waals surface area contributed by atoms with E-state index in [0.29, 0.717) is 6.92 Å². The van der Waals surface area contributed by atoms with Crippen LogP contribution in [0.2, 0.25) is 0 Å². The summed E-state index contributed by atoms with van der Waals surface area (Å²) < 4.78 is 70.8. The summed E-state index contributed by atoms with van der Waals surface area (Å²) in [5.74, 6) is 0.715. The van der Waals surface area contributed by atoms with Gasteiger partial charge in [-0.2, -0.15) is 26.3 Å². The van der Waals surface area contributed by atoms with Crippen molar-refractivity contribution in [2.24, 2.45) is 11.8 Å². The van der Waals surface area contributed by atoms with Gasteiger partial charge in [-0.05, 0) is 6.92 Å². The third-order valence-electron chi connectivity index (χ3n) is 1.39. The van der Waals surface area contributed by atoms with Gasteiger partial charge in [-0.1, -0.05) is 0 Å². The van der Waals surface area contributed by atoms with E-state index in [0.717, 1.165) is 0 Å². The Morgan fingerprint density at radius 1 is 1.00 bits per heavy atom. The molecule has 0 spiro atoms. The number of hydrogen-bond donors (Lipinski definition) is 1. The maximum Gasteiger partial charge on any atom is 0.403 e. The maximum atomic E-state index is 11.8. The monoisotopic (exact) mass is 211 g/mol. The summed E-state index contributed by atoms with van der Waals surface area (Å²) in [4.78, 5) is 3.53. The van der Waals surface area contributed by atoms with Crippen LogP contribution in [-0.2, 0) is 4.84 Å². The van der Waals surface area contributed by atoms with Gasteiger partial charge in [0, 0.05) is 0 Å². The van der Waals surface area contributed by atoms with E-state index in [1.165, 1.54) is 0 Å². The molecule has 0 aromatic carbocycles.